The van der Waals surface area contributed by atoms with Gasteiger partial charge in [-0.1, -0.05) is 30.3 Å². The summed E-state index contributed by atoms with van der Waals surface area (Å²) in [4.78, 5) is 9.55. The fraction of sp³-hybridized carbons (Fsp3) is 0.529. The van der Waals surface area contributed by atoms with E-state index >= 15 is 0 Å². The lowest BCUT2D eigenvalue weighted by atomic mass is 10.0. The van der Waals surface area contributed by atoms with Crippen molar-refractivity contribution in [1.82, 2.24) is 0 Å². The van der Waals surface area contributed by atoms with E-state index in [0.29, 0.717) is 0 Å². The molecule has 1 aliphatic rings. The standard InChI is InChI=1S/C17H25O6P/c1-12(2)22-16-14(9-10-24(19,20)11-18)23-15(17(16)21-3)13-7-5-4-6-8-13/h4-10,12,14-18H,11H2,1-3H3,(H,19,20)/b10-9+/t14-,15+,16-,17+/m1/s1. The van der Waals surface area contributed by atoms with Crippen LogP contribution in [0.1, 0.15) is 25.5 Å². The summed E-state index contributed by atoms with van der Waals surface area (Å²) in [6.45, 7) is 3.82. The van der Waals surface area contributed by atoms with Gasteiger partial charge in [0, 0.05) is 12.9 Å². The summed E-state index contributed by atoms with van der Waals surface area (Å²) in [5, 5.41) is 8.95. The molecule has 0 bridgehead atoms. The van der Waals surface area contributed by atoms with Gasteiger partial charge in [-0.2, -0.15) is 0 Å². The minimum absolute atomic E-state index is 0.0551. The van der Waals surface area contributed by atoms with Crippen LogP contribution < -0.4 is 0 Å². The molecular formula is C17H25O6P. The maximum absolute atomic E-state index is 11.7. The Morgan fingerprint density at radius 1 is 1.29 bits per heavy atom. The molecular weight excluding hydrogens is 331 g/mol. The molecule has 1 fully saturated rings. The van der Waals surface area contributed by atoms with Crippen molar-refractivity contribution in [2.45, 2.75) is 44.4 Å². The minimum Gasteiger partial charge on any atom is -0.386 e. The van der Waals surface area contributed by atoms with E-state index in [0.717, 1.165) is 11.4 Å². The van der Waals surface area contributed by atoms with Crippen LogP contribution in [0.25, 0.3) is 0 Å². The molecule has 7 heteroatoms. The van der Waals surface area contributed by atoms with Crippen LogP contribution in [0.3, 0.4) is 0 Å². The number of aliphatic hydroxyl groups is 1. The van der Waals surface area contributed by atoms with Crippen molar-refractivity contribution in [2.24, 2.45) is 0 Å². The number of methoxy groups -OCH3 is 1. The third-order valence-electron chi connectivity index (χ3n) is 3.79. The third-order valence-corrected chi connectivity index (χ3v) is 4.83. The summed E-state index contributed by atoms with van der Waals surface area (Å²) in [6.07, 6.45) is -1.04. The van der Waals surface area contributed by atoms with Crippen LogP contribution >= 0.6 is 7.37 Å². The van der Waals surface area contributed by atoms with Gasteiger partial charge < -0.3 is 24.2 Å². The van der Waals surface area contributed by atoms with E-state index < -0.39 is 25.9 Å². The molecule has 0 saturated carbocycles. The predicted octanol–water partition coefficient (Wildman–Crippen LogP) is 2.67. The Labute approximate surface area is 142 Å². The summed E-state index contributed by atoms with van der Waals surface area (Å²) in [5.74, 6) is 1.11. The topological polar surface area (TPSA) is 85.2 Å². The Hall–Kier alpha value is -1.01. The number of hydrogen-bond acceptors (Lipinski definition) is 5. The normalized spacial score (nSPS) is 30.1. The van der Waals surface area contributed by atoms with Crippen molar-refractivity contribution >= 4 is 7.37 Å². The summed E-state index contributed by atoms with van der Waals surface area (Å²) in [7, 11) is -2.11. The lowest BCUT2D eigenvalue weighted by molar-refractivity contribution is -0.0694. The lowest BCUT2D eigenvalue weighted by Gasteiger charge is -2.24. The molecule has 134 valence electrons. The van der Waals surface area contributed by atoms with Crippen molar-refractivity contribution in [3.8, 4) is 0 Å². The van der Waals surface area contributed by atoms with Gasteiger partial charge >= 0.3 is 0 Å². The maximum atomic E-state index is 11.7. The zero-order chi connectivity index (χ0) is 17.7. The molecule has 6 nitrogen and oxygen atoms in total. The molecule has 0 aliphatic carbocycles. The molecule has 0 spiro atoms. The average Bonchev–Trinajstić information content (AvgIpc) is 2.91. The summed E-state index contributed by atoms with van der Waals surface area (Å²) in [6, 6.07) is 9.64. The van der Waals surface area contributed by atoms with E-state index in [9.17, 15) is 9.46 Å². The first-order valence-electron chi connectivity index (χ1n) is 7.88. The molecule has 1 unspecified atom stereocenters. The predicted molar refractivity (Wildman–Crippen MR) is 90.9 cm³/mol. The second kappa shape index (κ2) is 8.39. The van der Waals surface area contributed by atoms with Crippen molar-refractivity contribution in [3.63, 3.8) is 0 Å². The summed E-state index contributed by atoms with van der Waals surface area (Å²) >= 11 is 0. The number of benzene rings is 1. The van der Waals surface area contributed by atoms with Gasteiger partial charge in [0.1, 0.15) is 30.8 Å². The van der Waals surface area contributed by atoms with Gasteiger partial charge in [-0.15, -0.1) is 0 Å². The monoisotopic (exact) mass is 356 g/mol. The quantitative estimate of drug-likeness (QED) is 0.731. The molecule has 0 radical (unpaired) electrons. The van der Waals surface area contributed by atoms with Crippen LogP contribution in [-0.2, 0) is 18.8 Å². The van der Waals surface area contributed by atoms with Gasteiger partial charge in [0.25, 0.3) is 0 Å². The lowest BCUT2D eigenvalue weighted by Crippen LogP contribution is -2.36. The van der Waals surface area contributed by atoms with E-state index in [1.807, 2.05) is 44.2 Å². The molecule has 1 aromatic carbocycles. The average molecular weight is 356 g/mol. The summed E-state index contributed by atoms with van der Waals surface area (Å²) in [5.41, 5.74) is 0.951. The third kappa shape index (κ3) is 4.76. The van der Waals surface area contributed by atoms with Gasteiger partial charge in [-0.3, -0.25) is 4.57 Å². The Kier molecular flexibility index (Phi) is 6.75. The second-order valence-corrected chi connectivity index (χ2v) is 8.11. The van der Waals surface area contributed by atoms with E-state index in [1.54, 1.807) is 7.11 Å². The van der Waals surface area contributed by atoms with Crippen LogP contribution in [0.5, 0.6) is 0 Å². The number of ether oxygens (including phenoxy) is 3. The van der Waals surface area contributed by atoms with E-state index in [1.165, 1.54) is 6.08 Å². The SMILES string of the molecule is CO[C@@H]1[C@H](OC(C)C)[C@@H](/C=C/P(=O)(O)CO)O[C@H]1c1ccccc1. The first kappa shape index (κ1) is 19.3. The van der Waals surface area contributed by atoms with Crippen LogP contribution in [0.2, 0.25) is 0 Å². The number of aliphatic hydroxyl groups excluding tert-OH is 1. The Morgan fingerprint density at radius 2 is 1.96 bits per heavy atom. The highest BCUT2D eigenvalue weighted by Crippen LogP contribution is 2.43. The highest BCUT2D eigenvalue weighted by Gasteiger charge is 2.45. The zero-order valence-corrected chi connectivity index (χ0v) is 15.0. The van der Waals surface area contributed by atoms with Crippen LogP contribution in [0.4, 0.5) is 0 Å². The number of rotatable bonds is 7. The smallest absolute Gasteiger partial charge is 0.246 e. The van der Waals surface area contributed by atoms with Crippen molar-refractivity contribution < 1.29 is 28.8 Å². The molecule has 0 aromatic heterocycles. The molecule has 1 aliphatic heterocycles. The van der Waals surface area contributed by atoms with E-state index in [-0.39, 0.29) is 18.3 Å². The second-order valence-electron chi connectivity index (χ2n) is 6.02. The van der Waals surface area contributed by atoms with Gasteiger partial charge in [0.2, 0.25) is 7.37 Å². The maximum Gasteiger partial charge on any atom is 0.246 e. The van der Waals surface area contributed by atoms with Crippen LogP contribution in [-0.4, -0.2) is 47.9 Å². The minimum atomic E-state index is -3.71. The fourth-order valence-corrected chi connectivity index (χ4v) is 3.28. The molecule has 1 heterocycles. The Balaban J connectivity index is 2.29. The molecule has 24 heavy (non-hydrogen) atoms. The fourth-order valence-electron chi connectivity index (χ4n) is 2.74. The first-order chi connectivity index (χ1) is 11.4. The van der Waals surface area contributed by atoms with Crippen molar-refractivity contribution in [1.29, 1.82) is 0 Å². The van der Waals surface area contributed by atoms with Crippen LogP contribution in [0.15, 0.2) is 42.2 Å². The number of hydrogen-bond donors (Lipinski definition) is 2. The van der Waals surface area contributed by atoms with Crippen molar-refractivity contribution in [2.75, 3.05) is 13.5 Å². The van der Waals surface area contributed by atoms with Crippen LogP contribution in [0, 0.1) is 0 Å². The highest BCUT2D eigenvalue weighted by molar-refractivity contribution is 7.61. The van der Waals surface area contributed by atoms with Gasteiger partial charge in [-0.25, -0.2) is 0 Å². The molecule has 1 aromatic rings. The molecule has 1 saturated heterocycles. The molecule has 2 rings (SSSR count). The zero-order valence-electron chi connectivity index (χ0n) is 14.1. The Morgan fingerprint density at radius 3 is 2.50 bits per heavy atom. The Bertz CT molecular complexity index is 588. The van der Waals surface area contributed by atoms with Gasteiger partial charge in [0.05, 0.1) is 6.10 Å². The van der Waals surface area contributed by atoms with E-state index in [4.69, 9.17) is 19.3 Å². The molecule has 2 N–H and O–H groups in total. The van der Waals surface area contributed by atoms with E-state index in [2.05, 4.69) is 0 Å². The highest BCUT2D eigenvalue weighted by atomic mass is 31.2. The van der Waals surface area contributed by atoms with Gasteiger partial charge in [-0.05, 0) is 25.5 Å². The molecule has 5 atom stereocenters. The van der Waals surface area contributed by atoms with Crippen molar-refractivity contribution in [3.05, 3.63) is 47.8 Å². The summed E-state index contributed by atoms with van der Waals surface area (Å²) < 4.78 is 29.3. The van der Waals surface area contributed by atoms with Gasteiger partial charge in [0.15, 0.2) is 0 Å². The first-order valence-corrected chi connectivity index (χ1v) is 9.79. The largest absolute Gasteiger partial charge is 0.386 e. The molecule has 0 amide bonds.